The first kappa shape index (κ1) is 19.8. The Morgan fingerprint density at radius 2 is 1.85 bits per heavy atom. The molecule has 2 aliphatic carbocycles. The van der Waals surface area contributed by atoms with Gasteiger partial charge in [-0.1, -0.05) is 65.2 Å². The van der Waals surface area contributed by atoms with Gasteiger partial charge in [-0.3, -0.25) is 0 Å². The van der Waals surface area contributed by atoms with Gasteiger partial charge in [0.1, 0.15) is 5.75 Å². The fourth-order valence-electron chi connectivity index (χ4n) is 6.68. The monoisotopic (exact) mass is 356 g/mol. The Balaban J connectivity index is 1.85. The Kier molecular flexibility index (Phi) is 6.04. The molecule has 0 saturated heterocycles. The van der Waals surface area contributed by atoms with Crippen molar-refractivity contribution in [2.75, 3.05) is 7.11 Å². The van der Waals surface area contributed by atoms with Gasteiger partial charge in [0.15, 0.2) is 0 Å². The van der Waals surface area contributed by atoms with Gasteiger partial charge in [-0.25, -0.2) is 0 Å². The van der Waals surface area contributed by atoms with Crippen molar-refractivity contribution >= 4 is 0 Å². The highest BCUT2D eigenvalue weighted by Crippen LogP contribution is 2.57. The van der Waals surface area contributed by atoms with Crippen molar-refractivity contribution in [2.24, 2.45) is 28.6 Å². The van der Waals surface area contributed by atoms with Crippen LogP contribution in [0.4, 0.5) is 0 Å². The minimum absolute atomic E-state index is 0.511. The number of benzene rings is 1. The number of methoxy groups -OCH3 is 1. The highest BCUT2D eigenvalue weighted by molar-refractivity contribution is 5.33. The van der Waals surface area contributed by atoms with Crippen LogP contribution in [0.3, 0.4) is 0 Å². The predicted octanol–water partition coefficient (Wildman–Crippen LogP) is 7.29. The third kappa shape index (κ3) is 4.12. The fourth-order valence-corrected chi connectivity index (χ4v) is 6.68. The van der Waals surface area contributed by atoms with Crippen molar-refractivity contribution in [3.05, 3.63) is 29.8 Å². The molecule has 3 rings (SSSR count). The molecule has 2 aliphatic rings. The molecule has 1 nitrogen and oxygen atoms in total. The first-order valence-corrected chi connectivity index (χ1v) is 11.0. The summed E-state index contributed by atoms with van der Waals surface area (Å²) in [5.41, 5.74) is 2.44. The Hall–Kier alpha value is -0.980. The average Bonchev–Trinajstić information content (AvgIpc) is 2.60. The summed E-state index contributed by atoms with van der Waals surface area (Å²) in [5, 5.41) is 0. The molecular weight excluding hydrogens is 316 g/mol. The maximum Gasteiger partial charge on any atom is 0.122 e. The lowest BCUT2D eigenvalue weighted by Gasteiger charge is -2.54. The second kappa shape index (κ2) is 7.95. The summed E-state index contributed by atoms with van der Waals surface area (Å²) in [7, 11) is 1.81. The molecule has 0 bridgehead atoms. The quantitative estimate of drug-likeness (QED) is 0.538. The third-order valence-electron chi connectivity index (χ3n) is 7.76. The van der Waals surface area contributed by atoms with Crippen LogP contribution in [0.1, 0.15) is 84.6 Å². The van der Waals surface area contributed by atoms with Crippen LogP contribution in [0, 0.1) is 28.6 Å². The van der Waals surface area contributed by atoms with E-state index in [9.17, 15) is 0 Å². The molecule has 4 unspecified atom stereocenters. The van der Waals surface area contributed by atoms with E-state index in [0.717, 1.165) is 23.5 Å². The standard InChI is InChI=1S/C25H40O/c1-19-16-22(18-24(3,4)17-19)25(14-9-8-10-20(25)2)15-13-21-11-6-7-12-23(21)26-5/h6-7,11-12,19-20,22H,8-10,13-18H2,1-5H3. The fraction of sp³-hybridized carbons (Fsp3) is 0.760. The van der Waals surface area contributed by atoms with Crippen LogP contribution in [0.25, 0.3) is 0 Å². The van der Waals surface area contributed by atoms with Gasteiger partial charge in [0.2, 0.25) is 0 Å². The van der Waals surface area contributed by atoms with E-state index in [0.29, 0.717) is 10.8 Å². The van der Waals surface area contributed by atoms with Crippen LogP contribution in [0.2, 0.25) is 0 Å². The average molecular weight is 357 g/mol. The molecule has 1 heteroatoms. The second-order valence-corrected chi connectivity index (χ2v) is 10.3. The van der Waals surface area contributed by atoms with Gasteiger partial charge < -0.3 is 4.74 Å². The van der Waals surface area contributed by atoms with Crippen LogP contribution >= 0.6 is 0 Å². The minimum Gasteiger partial charge on any atom is -0.496 e. The summed E-state index contributed by atoms with van der Waals surface area (Å²) in [5.74, 6) is 3.70. The van der Waals surface area contributed by atoms with Gasteiger partial charge >= 0.3 is 0 Å². The van der Waals surface area contributed by atoms with Crippen molar-refractivity contribution in [1.82, 2.24) is 0 Å². The SMILES string of the molecule is COc1ccccc1CCC1(C2CC(C)CC(C)(C)C2)CCCCC1C. The third-order valence-corrected chi connectivity index (χ3v) is 7.76. The summed E-state index contributed by atoms with van der Waals surface area (Å²) in [6.07, 6.45) is 12.5. The largest absolute Gasteiger partial charge is 0.496 e. The van der Waals surface area contributed by atoms with E-state index in [-0.39, 0.29) is 0 Å². The molecule has 0 N–H and O–H groups in total. The Labute approximate surface area is 161 Å². The molecule has 146 valence electrons. The summed E-state index contributed by atoms with van der Waals surface area (Å²) >= 11 is 0. The van der Waals surface area contributed by atoms with Crippen LogP contribution in [-0.4, -0.2) is 7.11 Å². The Morgan fingerprint density at radius 1 is 1.08 bits per heavy atom. The zero-order valence-corrected chi connectivity index (χ0v) is 17.8. The maximum absolute atomic E-state index is 5.64. The summed E-state index contributed by atoms with van der Waals surface area (Å²) in [4.78, 5) is 0. The van der Waals surface area contributed by atoms with Crippen molar-refractivity contribution in [3.8, 4) is 5.75 Å². The molecule has 1 aromatic carbocycles. The van der Waals surface area contributed by atoms with Gasteiger partial charge in [-0.15, -0.1) is 0 Å². The van der Waals surface area contributed by atoms with E-state index in [1.54, 1.807) is 0 Å². The van der Waals surface area contributed by atoms with E-state index >= 15 is 0 Å². The number of hydrogen-bond acceptors (Lipinski definition) is 1. The van der Waals surface area contributed by atoms with Crippen LogP contribution in [0.15, 0.2) is 24.3 Å². The molecule has 1 aromatic rings. The molecular formula is C25H40O. The zero-order chi connectivity index (χ0) is 18.8. The summed E-state index contributed by atoms with van der Waals surface area (Å²) in [6, 6.07) is 8.65. The van der Waals surface area contributed by atoms with E-state index in [2.05, 4.69) is 52.0 Å². The van der Waals surface area contributed by atoms with Crippen LogP contribution in [-0.2, 0) is 6.42 Å². The van der Waals surface area contributed by atoms with Crippen LogP contribution < -0.4 is 4.74 Å². The van der Waals surface area contributed by atoms with Gasteiger partial charge in [0.25, 0.3) is 0 Å². The van der Waals surface area contributed by atoms with Gasteiger partial charge in [0.05, 0.1) is 7.11 Å². The van der Waals surface area contributed by atoms with Gasteiger partial charge in [0, 0.05) is 0 Å². The van der Waals surface area contributed by atoms with Crippen molar-refractivity contribution in [3.63, 3.8) is 0 Å². The zero-order valence-electron chi connectivity index (χ0n) is 17.8. The van der Waals surface area contributed by atoms with Crippen molar-refractivity contribution < 1.29 is 4.74 Å². The molecule has 0 radical (unpaired) electrons. The summed E-state index contributed by atoms with van der Waals surface area (Å²) < 4.78 is 5.64. The topological polar surface area (TPSA) is 9.23 Å². The highest BCUT2D eigenvalue weighted by Gasteiger charge is 2.48. The second-order valence-electron chi connectivity index (χ2n) is 10.3. The lowest BCUT2D eigenvalue weighted by molar-refractivity contribution is -0.0350. The lowest BCUT2D eigenvalue weighted by atomic mass is 9.51. The molecule has 0 aromatic heterocycles. The Morgan fingerprint density at radius 3 is 2.54 bits per heavy atom. The van der Waals surface area contributed by atoms with E-state index in [1.165, 1.54) is 63.4 Å². The maximum atomic E-state index is 5.64. The van der Waals surface area contributed by atoms with Crippen LogP contribution in [0.5, 0.6) is 5.75 Å². The van der Waals surface area contributed by atoms with Crippen molar-refractivity contribution in [2.45, 2.75) is 85.5 Å². The highest BCUT2D eigenvalue weighted by atomic mass is 16.5. The molecule has 0 amide bonds. The normalized spacial score (nSPS) is 34.4. The minimum atomic E-state index is 0.511. The van der Waals surface area contributed by atoms with Crippen molar-refractivity contribution in [1.29, 1.82) is 0 Å². The van der Waals surface area contributed by atoms with E-state index < -0.39 is 0 Å². The molecule has 0 spiro atoms. The molecule has 2 fully saturated rings. The number of para-hydroxylation sites is 1. The smallest absolute Gasteiger partial charge is 0.122 e. The van der Waals surface area contributed by atoms with Gasteiger partial charge in [-0.2, -0.15) is 0 Å². The molecule has 4 atom stereocenters. The first-order chi connectivity index (χ1) is 12.4. The van der Waals surface area contributed by atoms with E-state index in [4.69, 9.17) is 4.74 Å². The predicted molar refractivity (Wildman–Crippen MR) is 112 cm³/mol. The molecule has 2 saturated carbocycles. The lowest BCUT2D eigenvalue weighted by Crippen LogP contribution is -2.44. The van der Waals surface area contributed by atoms with E-state index in [1.807, 2.05) is 7.11 Å². The summed E-state index contributed by atoms with van der Waals surface area (Å²) in [6.45, 7) is 10.1. The number of ether oxygens (including phenoxy) is 1. The Bertz CT molecular complexity index is 590. The molecule has 0 aliphatic heterocycles. The molecule has 0 heterocycles. The number of aryl methyl sites for hydroxylation is 1. The number of rotatable bonds is 5. The van der Waals surface area contributed by atoms with Gasteiger partial charge in [-0.05, 0) is 78.7 Å². The first-order valence-electron chi connectivity index (χ1n) is 11.0. The molecule has 26 heavy (non-hydrogen) atoms. The number of hydrogen-bond donors (Lipinski definition) is 0.